The van der Waals surface area contributed by atoms with Crippen LogP contribution in [0.15, 0.2) is 23.2 Å². The van der Waals surface area contributed by atoms with Gasteiger partial charge in [-0.3, -0.25) is 9.79 Å². The number of nitrogens with one attached hydrogen (secondary N) is 1. The van der Waals surface area contributed by atoms with Gasteiger partial charge in [0.2, 0.25) is 0 Å². The van der Waals surface area contributed by atoms with E-state index in [1.54, 1.807) is 19.2 Å². The summed E-state index contributed by atoms with van der Waals surface area (Å²) in [5, 5.41) is 3.22. The Balaban J connectivity index is 0.00000450. The number of carbonyl (C=O) groups excluding carboxylic acids is 1. The molecule has 0 radical (unpaired) electrons. The smallest absolute Gasteiger partial charge is 0.422 e. The van der Waals surface area contributed by atoms with Crippen molar-refractivity contribution >= 4 is 35.9 Å². The van der Waals surface area contributed by atoms with Gasteiger partial charge in [0.15, 0.2) is 24.1 Å². The molecule has 0 bridgehead atoms. The first-order chi connectivity index (χ1) is 13.8. The molecule has 30 heavy (non-hydrogen) atoms. The standard InChI is InChI=1S/C19H26F3N3O4.HI/c1-23-18(25-8-6-14(7-9-25)17(26)28-3)24-11-13-4-5-15(16(10-13)27-2)29-12-19(20,21)22;/h4-5,10,14H,6-9,11-12H2,1-3H3,(H,23,24);1H. The Bertz CT molecular complexity index is 723. The zero-order valence-electron chi connectivity index (χ0n) is 17.1. The number of hydrogen-bond acceptors (Lipinski definition) is 5. The van der Waals surface area contributed by atoms with Gasteiger partial charge in [0.05, 0.1) is 20.1 Å². The van der Waals surface area contributed by atoms with Crippen LogP contribution in [-0.4, -0.2) is 64.0 Å². The maximum Gasteiger partial charge on any atom is 0.422 e. The first-order valence-corrected chi connectivity index (χ1v) is 9.17. The van der Waals surface area contributed by atoms with Crippen molar-refractivity contribution in [3.8, 4) is 11.5 Å². The molecule has 0 aromatic heterocycles. The van der Waals surface area contributed by atoms with Crippen molar-refractivity contribution in [2.24, 2.45) is 10.9 Å². The number of carbonyl (C=O) groups is 1. The zero-order valence-corrected chi connectivity index (χ0v) is 19.5. The molecule has 0 spiro atoms. The number of aliphatic imine (C=N–C) groups is 1. The maximum absolute atomic E-state index is 12.4. The van der Waals surface area contributed by atoms with Crippen molar-refractivity contribution in [2.45, 2.75) is 25.6 Å². The largest absolute Gasteiger partial charge is 0.493 e. The predicted octanol–water partition coefficient (Wildman–Crippen LogP) is 3.21. The zero-order chi connectivity index (χ0) is 21.4. The highest BCUT2D eigenvalue weighted by Gasteiger charge is 2.29. The number of halogens is 4. The molecule has 0 saturated carbocycles. The topological polar surface area (TPSA) is 72.4 Å². The van der Waals surface area contributed by atoms with Crippen LogP contribution < -0.4 is 14.8 Å². The molecule has 1 aromatic rings. The van der Waals surface area contributed by atoms with Gasteiger partial charge in [0, 0.05) is 26.7 Å². The van der Waals surface area contributed by atoms with Crippen LogP contribution in [-0.2, 0) is 16.1 Å². The summed E-state index contributed by atoms with van der Waals surface area (Å²) in [5.41, 5.74) is 0.798. The fraction of sp³-hybridized carbons (Fsp3) is 0.579. The monoisotopic (exact) mass is 545 g/mol. The molecule has 11 heteroatoms. The molecular weight excluding hydrogens is 518 g/mol. The Morgan fingerprint density at radius 3 is 2.43 bits per heavy atom. The molecule has 1 aliphatic rings. The Morgan fingerprint density at radius 1 is 1.23 bits per heavy atom. The molecule has 0 aliphatic carbocycles. The highest BCUT2D eigenvalue weighted by Crippen LogP contribution is 2.29. The highest BCUT2D eigenvalue weighted by molar-refractivity contribution is 14.0. The van der Waals surface area contributed by atoms with Crippen molar-refractivity contribution in [1.82, 2.24) is 10.2 Å². The molecule has 1 N–H and O–H groups in total. The summed E-state index contributed by atoms with van der Waals surface area (Å²) in [7, 11) is 4.43. The molecule has 0 atom stereocenters. The molecule has 0 amide bonds. The molecule has 7 nitrogen and oxygen atoms in total. The number of rotatable bonds is 6. The average Bonchev–Trinajstić information content (AvgIpc) is 2.72. The van der Waals surface area contributed by atoms with E-state index >= 15 is 0 Å². The fourth-order valence-corrected chi connectivity index (χ4v) is 3.11. The lowest BCUT2D eigenvalue weighted by Gasteiger charge is -2.33. The third-order valence-electron chi connectivity index (χ3n) is 4.61. The van der Waals surface area contributed by atoms with E-state index < -0.39 is 12.8 Å². The summed E-state index contributed by atoms with van der Waals surface area (Å²) < 4.78 is 51.8. The van der Waals surface area contributed by atoms with Gasteiger partial charge in [-0.05, 0) is 30.5 Å². The Labute approximate surface area is 191 Å². The van der Waals surface area contributed by atoms with E-state index in [1.807, 2.05) is 0 Å². The van der Waals surface area contributed by atoms with Crippen LogP contribution >= 0.6 is 24.0 Å². The van der Waals surface area contributed by atoms with Crippen LogP contribution in [0.25, 0.3) is 0 Å². The molecule has 1 saturated heterocycles. The van der Waals surface area contributed by atoms with Crippen LogP contribution in [0.4, 0.5) is 13.2 Å². The lowest BCUT2D eigenvalue weighted by atomic mass is 9.97. The fourth-order valence-electron chi connectivity index (χ4n) is 3.11. The number of guanidine groups is 1. The maximum atomic E-state index is 12.4. The predicted molar refractivity (Wildman–Crippen MR) is 116 cm³/mol. The van der Waals surface area contributed by atoms with Gasteiger partial charge in [-0.25, -0.2) is 0 Å². The van der Waals surface area contributed by atoms with Crippen molar-refractivity contribution in [3.05, 3.63) is 23.8 Å². The summed E-state index contributed by atoms with van der Waals surface area (Å²) >= 11 is 0. The number of piperidine rings is 1. The molecule has 1 aromatic carbocycles. The number of benzene rings is 1. The number of nitrogens with zero attached hydrogens (tertiary/aromatic N) is 2. The molecule has 1 aliphatic heterocycles. The third kappa shape index (κ3) is 7.73. The SMILES string of the molecule is CN=C(NCc1ccc(OCC(F)(F)F)c(OC)c1)N1CCC(C(=O)OC)CC1.I. The van der Waals surface area contributed by atoms with Gasteiger partial charge in [-0.2, -0.15) is 13.2 Å². The van der Waals surface area contributed by atoms with Crippen molar-refractivity contribution in [1.29, 1.82) is 0 Å². The molecule has 0 unspecified atom stereocenters. The number of hydrogen-bond donors (Lipinski definition) is 1. The second kappa shape index (κ2) is 12.1. The van der Waals surface area contributed by atoms with Gasteiger partial charge in [0.1, 0.15) is 0 Å². The number of ether oxygens (including phenoxy) is 3. The van der Waals surface area contributed by atoms with Crippen LogP contribution in [0, 0.1) is 5.92 Å². The quantitative estimate of drug-likeness (QED) is 0.256. The second-order valence-corrected chi connectivity index (χ2v) is 6.57. The second-order valence-electron chi connectivity index (χ2n) is 6.57. The molecule has 1 heterocycles. The molecule has 2 rings (SSSR count). The Kier molecular flexibility index (Phi) is 10.5. The van der Waals surface area contributed by atoms with E-state index in [1.165, 1.54) is 20.3 Å². The van der Waals surface area contributed by atoms with E-state index in [0.717, 1.165) is 5.56 Å². The Morgan fingerprint density at radius 2 is 1.90 bits per heavy atom. The highest BCUT2D eigenvalue weighted by atomic mass is 127. The minimum Gasteiger partial charge on any atom is -0.493 e. The lowest BCUT2D eigenvalue weighted by Crippen LogP contribution is -2.46. The first kappa shape index (κ1) is 26.1. The summed E-state index contributed by atoms with van der Waals surface area (Å²) in [6.07, 6.45) is -3.04. The Hall–Kier alpha value is -1.92. The number of likely N-dealkylation sites (tertiary alicyclic amines) is 1. The minimum atomic E-state index is -4.42. The summed E-state index contributed by atoms with van der Waals surface area (Å²) in [6.45, 7) is 0.370. The van der Waals surface area contributed by atoms with Gasteiger partial charge < -0.3 is 24.4 Å². The molecule has 1 fully saturated rings. The lowest BCUT2D eigenvalue weighted by molar-refractivity contribution is -0.153. The van der Waals surface area contributed by atoms with Gasteiger partial charge in [-0.1, -0.05) is 6.07 Å². The number of esters is 1. The van der Waals surface area contributed by atoms with E-state index in [0.29, 0.717) is 38.4 Å². The normalized spacial score (nSPS) is 15.3. The summed E-state index contributed by atoms with van der Waals surface area (Å²) in [5.74, 6) is 0.658. The molecule has 170 valence electrons. The van der Waals surface area contributed by atoms with E-state index in [4.69, 9.17) is 14.2 Å². The van der Waals surface area contributed by atoms with Crippen LogP contribution in [0.5, 0.6) is 11.5 Å². The van der Waals surface area contributed by atoms with Crippen molar-refractivity contribution in [3.63, 3.8) is 0 Å². The van der Waals surface area contributed by atoms with E-state index in [-0.39, 0.29) is 47.4 Å². The van der Waals surface area contributed by atoms with E-state index in [2.05, 4.69) is 15.2 Å². The summed E-state index contributed by atoms with van der Waals surface area (Å²) in [4.78, 5) is 18.0. The van der Waals surface area contributed by atoms with Crippen molar-refractivity contribution in [2.75, 3.05) is 41.0 Å². The average molecular weight is 545 g/mol. The van der Waals surface area contributed by atoms with Crippen LogP contribution in [0.1, 0.15) is 18.4 Å². The van der Waals surface area contributed by atoms with Crippen LogP contribution in [0.3, 0.4) is 0 Å². The third-order valence-corrected chi connectivity index (χ3v) is 4.61. The first-order valence-electron chi connectivity index (χ1n) is 9.17. The number of methoxy groups -OCH3 is 2. The minimum absolute atomic E-state index is 0. The van der Waals surface area contributed by atoms with Gasteiger partial charge in [0.25, 0.3) is 0 Å². The van der Waals surface area contributed by atoms with Gasteiger partial charge >= 0.3 is 12.1 Å². The summed E-state index contributed by atoms with van der Waals surface area (Å²) in [6, 6.07) is 4.74. The number of alkyl halides is 3. The van der Waals surface area contributed by atoms with E-state index in [9.17, 15) is 18.0 Å². The van der Waals surface area contributed by atoms with Crippen molar-refractivity contribution < 1.29 is 32.2 Å². The van der Waals surface area contributed by atoms with Gasteiger partial charge in [-0.15, -0.1) is 24.0 Å². The molecular formula is C19H27F3IN3O4. The van der Waals surface area contributed by atoms with Crippen LogP contribution in [0.2, 0.25) is 0 Å².